The predicted octanol–water partition coefficient (Wildman–Crippen LogP) is 1.45. The van der Waals surface area contributed by atoms with Crippen molar-refractivity contribution < 1.29 is 28.6 Å². The van der Waals surface area contributed by atoms with Gasteiger partial charge in [-0.2, -0.15) is 0 Å². The van der Waals surface area contributed by atoms with Gasteiger partial charge in [-0.15, -0.1) is 0 Å². The number of rotatable bonds is 7. The highest BCUT2D eigenvalue weighted by Crippen LogP contribution is 2.08. The molecule has 0 saturated heterocycles. The Balaban J connectivity index is 2.20. The van der Waals surface area contributed by atoms with Crippen LogP contribution in [-0.2, 0) is 30.4 Å². The summed E-state index contributed by atoms with van der Waals surface area (Å²) in [5.41, 5.74) is 6.46. The summed E-state index contributed by atoms with van der Waals surface area (Å²) in [6, 6.07) is 8.21. The molecule has 0 aliphatic rings. The first-order chi connectivity index (χ1) is 10.5. The lowest BCUT2D eigenvalue weighted by molar-refractivity contribution is -0.148. The normalized spacial score (nSPS) is 11.4. The molecular weight excluding hydrogens is 310 g/mol. The minimum Gasteiger partial charge on any atom is -0.460 e. The summed E-state index contributed by atoms with van der Waals surface area (Å²) in [6.45, 7) is 0.851. The highest BCUT2D eigenvalue weighted by Gasteiger charge is 2.18. The van der Waals surface area contributed by atoms with Gasteiger partial charge < -0.3 is 19.9 Å². The molecule has 0 amide bonds. The van der Waals surface area contributed by atoms with Crippen molar-refractivity contribution in [3.8, 4) is 0 Å². The van der Waals surface area contributed by atoms with E-state index in [1.54, 1.807) is 0 Å². The molecule has 120 valence electrons. The molecule has 0 radical (unpaired) electrons. The second kappa shape index (κ2) is 9.80. The summed E-state index contributed by atoms with van der Waals surface area (Å²) in [6.07, 6.45) is 0. The molecule has 1 rings (SSSR count). The monoisotopic (exact) mass is 327 g/mol. The molecule has 0 aromatic heterocycles. The van der Waals surface area contributed by atoms with Crippen LogP contribution in [-0.4, -0.2) is 35.8 Å². The lowest BCUT2D eigenvalue weighted by Crippen LogP contribution is -2.35. The van der Waals surface area contributed by atoms with Gasteiger partial charge >= 0.3 is 17.2 Å². The first kappa shape index (κ1) is 18.0. The highest BCUT2D eigenvalue weighted by molar-refractivity contribution is 8.13. The zero-order chi connectivity index (χ0) is 16.4. The van der Waals surface area contributed by atoms with E-state index in [-0.39, 0.29) is 12.4 Å². The van der Waals surface area contributed by atoms with Gasteiger partial charge in [-0.1, -0.05) is 30.3 Å². The van der Waals surface area contributed by atoms with Gasteiger partial charge in [0.2, 0.25) is 6.79 Å². The number of carbonyl (C=O) groups is 3. The van der Waals surface area contributed by atoms with Crippen LogP contribution in [0.1, 0.15) is 12.5 Å². The summed E-state index contributed by atoms with van der Waals surface area (Å²) < 4.78 is 14.1. The number of esters is 2. The third-order valence-electron chi connectivity index (χ3n) is 2.35. The van der Waals surface area contributed by atoms with Crippen LogP contribution >= 0.6 is 11.8 Å². The summed E-state index contributed by atoms with van der Waals surface area (Å²) in [4.78, 5) is 33.4. The molecule has 1 aromatic carbocycles. The van der Waals surface area contributed by atoms with Gasteiger partial charge in [0.25, 0.3) is 0 Å². The first-order valence-corrected chi connectivity index (χ1v) is 7.36. The molecule has 0 saturated carbocycles. The average Bonchev–Trinajstić information content (AvgIpc) is 2.50. The van der Waals surface area contributed by atoms with E-state index in [0.717, 1.165) is 5.56 Å². The van der Waals surface area contributed by atoms with E-state index in [1.807, 2.05) is 30.3 Å². The molecule has 0 aliphatic heterocycles. The molecule has 2 N–H and O–H groups in total. The number of ether oxygens (including phenoxy) is 3. The van der Waals surface area contributed by atoms with Crippen molar-refractivity contribution in [2.75, 3.05) is 12.5 Å². The molecule has 0 aliphatic carbocycles. The van der Waals surface area contributed by atoms with Crippen molar-refractivity contribution in [3.63, 3.8) is 0 Å². The lowest BCUT2D eigenvalue weighted by atomic mass is 10.2. The van der Waals surface area contributed by atoms with Crippen molar-refractivity contribution in [1.82, 2.24) is 0 Å². The van der Waals surface area contributed by atoms with Crippen LogP contribution in [0.15, 0.2) is 30.3 Å². The van der Waals surface area contributed by atoms with Crippen LogP contribution in [0.5, 0.6) is 0 Å². The fourth-order valence-corrected chi connectivity index (χ4v) is 1.85. The topological polar surface area (TPSA) is 105 Å². The van der Waals surface area contributed by atoms with Crippen molar-refractivity contribution in [2.45, 2.75) is 19.6 Å². The van der Waals surface area contributed by atoms with Crippen LogP contribution in [0.25, 0.3) is 0 Å². The third-order valence-corrected chi connectivity index (χ3v) is 3.23. The van der Waals surface area contributed by atoms with Gasteiger partial charge in [0.05, 0.1) is 0 Å². The first-order valence-electron chi connectivity index (χ1n) is 6.38. The standard InChI is InChI=1S/C14H17NO6S/c1-10(16)20-9-21-14(18)22-8-12(15)13(17)19-7-11-5-3-2-4-6-11/h2-6,12H,7-9,15H2,1H3/t12-/m0/s1. The van der Waals surface area contributed by atoms with Gasteiger partial charge in [0.15, 0.2) is 0 Å². The Morgan fingerprint density at radius 1 is 1.14 bits per heavy atom. The van der Waals surface area contributed by atoms with Gasteiger partial charge in [0, 0.05) is 12.7 Å². The van der Waals surface area contributed by atoms with Crippen molar-refractivity contribution in [3.05, 3.63) is 35.9 Å². The molecule has 1 aromatic rings. The van der Waals surface area contributed by atoms with Crippen LogP contribution in [0.2, 0.25) is 0 Å². The number of hydrogen-bond acceptors (Lipinski definition) is 8. The maximum Gasteiger partial charge on any atom is 0.370 e. The zero-order valence-corrected chi connectivity index (χ0v) is 12.8. The Labute approximate surface area is 132 Å². The molecule has 1 atom stereocenters. The summed E-state index contributed by atoms with van der Waals surface area (Å²) in [5, 5.41) is -0.687. The summed E-state index contributed by atoms with van der Waals surface area (Å²) >= 11 is 0.708. The number of benzene rings is 1. The van der Waals surface area contributed by atoms with Crippen LogP contribution in [0, 0.1) is 0 Å². The summed E-state index contributed by atoms with van der Waals surface area (Å²) in [5.74, 6) is -1.16. The van der Waals surface area contributed by atoms with Crippen LogP contribution < -0.4 is 5.73 Å². The van der Waals surface area contributed by atoms with Crippen molar-refractivity contribution >= 4 is 29.0 Å². The molecule has 7 nitrogen and oxygen atoms in total. The zero-order valence-electron chi connectivity index (χ0n) is 12.0. The Morgan fingerprint density at radius 3 is 2.45 bits per heavy atom. The second-order valence-electron chi connectivity index (χ2n) is 4.16. The summed E-state index contributed by atoms with van der Waals surface area (Å²) in [7, 11) is 0. The van der Waals surface area contributed by atoms with Gasteiger partial charge in [-0.05, 0) is 17.3 Å². The Bertz CT molecular complexity index is 507. The van der Waals surface area contributed by atoms with Crippen LogP contribution in [0.4, 0.5) is 4.79 Å². The van der Waals surface area contributed by atoms with E-state index in [1.165, 1.54) is 6.92 Å². The molecule has 0 unspecified atom stereocenters. The SMILES string of the molecule is CC(=O)OCOC(=O)SC[C@H](N)C(=O)OCc1ccccc1. The number of hydrogen-bond donors (Lipinski definition) is 1. The molecule has 8 heteroatoms. The van der Waals surface area contributed by atoms with E-state index < -0.39 is 30.1 Å². The average molecular weight is 327 g/mol. The Hall–Kier alpha value is -2.06. The lowest BCUT2D eigenvalue weighted by Gasteiger charge is -2.11. The number of carbonyl (C=O) groups excluding carboxylic acids is 3. The smallest absolute Gasteiger partial charge is 0.370 e. The Morgan fingerprint density at radius 2 is 1.82 bits per heavy atom. The number of thioether (sulfide) groups is 1. The third kappa shape index (κ3) is 7.65. The van der Waals surface area contributed by atoms with E-state index in [9.17, 15) is 14.4 Å². The molecule has 22 heavy (non-hydrogen) atoms. The van der Waals surface area contributed by atoms with E-state index in [4.69, 9.17) is 10.5 Å². The molecular formula is C14H17NO6S. The maximum atomic E-state index is 11.7. The number of nitrogens with two attached hydrogens (primary N) is 1. The molecule has 0 heterocycles. The fraction of sp³-hybridized carbons (Fsp3) is 0.357. The highest BCUT2D eigenvalue weighted by atomic mass is 32.2. The Kier molecular flexibility index (Phi) is 8.01. The van der Waals surface area contributed by atoms with Gasteiger partial charge in [0.1, 0.15) is 12.6 Å². The van der Waals surface area contributed by atoms with Crippen molar-refractivity contribution in [1.29, 1.82) is 0 Å². The minimum atomic E-state index is -0.949. The second-order valence-corrected chi connectivity index (χ2v) is 5.11. The van der Waals surface area contributed by atoms with Crippen molar-refractivity contribution in [2.24, 2.45) is 5.73 Å². The van der Waals surface area contributed by atoms with E-state index >= 15 is 0 Å². The molecule has 0 bridgehead atoms. The van der Waals surface area contributed by atoms with E-state index in [2.05, 4.69) is 9.47 Å². The molecule has 0 spiro atoms. The predicted molar refractivity (Wildman–Crippen MR) is 79.8 cm³/mol. The van der Waals surface area contributed by atoms with E-state index in [0.29, 0.717) is 11.8 Å². The van der Waals surface area contributed by atoms with Gasteiger partial charge in [-0.3, -0.25) is 9.59 Å². The molecule has 0 fully saturated rings. The van der Waals surface area contributed by atoms with Crippen LogP contribution in [0.3, 0.4) is 0 Å². The minimum absolute atomic E-state index is 0.00648. The quantitative estimate of drug-likeness (QED) is 0.592. The fourth-order valence-electron chi connectivity index (χ4n) is 1.26. The largest absolute Gasteiger partial charge is 0.460 e. The van der Waals surface area contributed by atoms with Gasteiger partial charge in [-0.25, -0.2) is 4.79 Å². The maximum absolute atomic E-state index is 11.7.